The van der Waals surface area contributed by atoms with Crippen LogP contribution in [-0.4, -0.2) is 15.5 Å². The number of H-pyrrole nitrogens is 1. The van der Waals surface area contributed by atoms with Crippen molar-refractivity contribution in [1.29, 1.82) is 0 Å². The van der Waals surface area contributed by atoms with Gasteiger partial charge in [-0.15, -0.1) is 0 Å². The number of benzene rings is 2. The van der Waals surface area contributed by atoms with Gasteiger partial charge in [-0.2, -0.15) is 0 Å². The number of nitrogens with one attached hydrogen (secondary N) is 1. The highest BCUT2D eigenvalue weighted by Gasteiger charge is 2.15. The first-order chi connectivity index (χ1) is 11.5. The fourth-order valence-electron chi connectivity index (χ4n) is 2.72. The second-order valence-corrected chi connectivity index (χ2v) is 6.12. The molecular weight excluding hydrogens is 298 g/mol. The topological polar surface area (TPSA) is 50.1 Å². The molecule has 0 saturated carbocycles. The SMILES string of the molecule is CC(=Nc1ccc(C)cc1)c1c(C)[nH]n(-c2ccc(C)cc2)c1=O. The summed E-state index contributed by atoms with van der Waals surface area (Å²) in [6, 6.07) is 15.8. The molecule has 0 saturated heterocycles. The summed E-state index contributed by atoms with van der Waals surface area (Å²) in [5, 5.41) is 3.15. The molecule has 0 aliphatic carbocycles. The summed E-state index contributed by atoms with van der Waals surface area (Å²) in [5.74, 6) is 0. The summed E-state index contributed by atoms with van der Waals surface area (Å²) in [5.41, 5.74) is 6.08. The van der Waals surface area contributed by atoms with E-state index in [1.807, 2.05) is 76.2 Å². The number of nitrogens with zero attached hydrogens (tertiary/aromatic N) is 2. The quantitative estimate of drug-likeness (QED) is 0.722. The summed E-state index contributed by atoms with van der Waals surface area (Å²) >= 11 is 0. The molecule has 0 atom stereocenters. The van der Waals surface area contributed by atoms with Crippen molar-refractivity contribution in [1.82, 2.24) is 9.78 Å². The molecule has 0 amide bonds. The van der Waals surface area contributed by atoms with Gasteiger partial charge in [0.25, 0.3) is 5.56 Å². The van der Waals surface area contributed by atoms with Crippen LogP contribution in [0.4, 0.5) is 5.69 Å². The van der Waals surface area contributed by atoms with Gasteiger partial charge in [-0.3, -0.25) is 14.9 Å². The van der Waals surface area contributed by atoms with E-state index in [9.17, 15) is 4.79 Å². The van der Waals surface area contributed by atoms with Crippen LogP contribution in [0, 0.1) is 20.8 Å². The molecule has 122 valence electrons. The lowest BCUT2D eigenvalue weighted by molar-refractivity contribution is 0.835. The van der Waals surface area contributed by atoms with Crippen LogP contribution in [-0.2, 0) is 0 Å². The van der Waals surface area contributed by atoms with E-state index >= 15 is 0 Å². The minimum Gasteiger partial charge on any atom is -0.295 e. The van der Waals surface area contributed by atoms with E-state index in [0.717, 1.165) is 22.6 Å². The molecule has 0 unspecified atom stereocenters. The van der Waals surface area contributed by atoms with Gasteiger partial charge in [0, 0.05) is 5.69 Å². The van der Waals surface area contributed by atoms with Crippen molar-refractivity contribution in [2.24, 2.45) is 4.99 Å². The van der Waals surface area contributed by atoms with Crippen LogP contribution in [0.15, 0.2) is 58.3 Å². The van der Waals surface area contributed by atoms with Crippen LogP contribution in [0.3, 0.4) is 0 Å². The number of hydrogen-bond acceptors (Lipinski definition) is 2. The van der Waals surface area contributed by atoms with Gasteiger partial charge in [-0.05, 0) is 52.0 Å². The van der Waals surface area contributed by atoms with Crippen LogP contribution >= 0.6 is 0 Å². The van der Waals surface area contributed by atoms with Crippen molar-refractivity contribution in [3.05, 3.63) is 81.3 Å². The molecule has 1 N–H and O–H groups in total. The van der Waals surface area contributed by atoms with Crippen molar-refractivity contribution >= 4 is 11.4 Å². The molecular formula is C20H21N3O. The van der Waals surface area contributed by atoms with Gasteiger partial charge < -0.3 is 0 Å². The van der Waals surface area contributed by atoms with E-state index in [4.69, 9.17) is 0 Å². The largest absolute Gasteiger partial charge is 0.295 e. The normalized spacial score (nSPS) is 11.8. The summed E-state index contributed by atoms with van der Waals surface area (Å²) in [6.45, 7) is 7.83. The zero-order chi connectivity index (χ0) is 17.3. The molecule has 4 heteroatoms. The monoisotopic (exact) mass is 319 g/mol. The van der Waals surface area contributed by atoms with Crippen molar-refractivity contribution in [3.8, 4) is 5.69 Å². The Labute approximate surface area is 141 Å². The Balaban J connectivity index is 2.04. The summed E-state index contributed by atoms with van der Waals surface area (Å²) in [4.78, 5) is 17.4. The predicted molar refractivity (Wildman–Crippen MR) is 98.9 cm³/mol. The molecule has 24 heavy (non-hydrogen) atoms. The highest BCUT2D eigenvalue weighted by atomic mass is 16.1. The molecule has 0 radical (unpaired) electrons. The van der Waals surface area contributed by atoms with Crippen LogP contribution in [0.25, 0.3) is 5.69 Å². The average Bonchev–Trinajstić information content (AvgIpc) is 2.85. The van der Waals surface area contributed by atoms with Crippen molar-refractivity contribution in [2.45, 2.75) is 27.7 Å². The Morgan fingerprint density at radius 2 is 1.46 bits per heavy atom. The Morgan fingerprint density at radius 1 is 0.917 bits per heavy atom. The predicted octanol–water partition coefficient (Wildman–Crippen LogP) is 4.23. The minimum atomic E-state index is -0.0790. The third kappa shape index (κ3) is 3.08. The van der Waals surface area contributed by atoms with Crippen LogP contribution < -0.4 is 5.56 Å². The van der Waals surface area contributed by atoms with Crippen molar-refractivity contribution in [2.75, 3.05) is 0 Å². The number of aromatic amines is 1. The van der Waals surface area contributed by atoms with Gasteiger partial charge in [0.15, 0.2) is 0 Å². The van der Waals surface area contributed by atoms with E-state index in [1.54, 1.807) is 4.68 Å². The molecule has 2 aromatic carbocycles. The smallest absolute Gasteiger partial charge is 0.280 e. The number of aliphatic imine (C=N–C) groups is 1. The van der Waals surface area contributed by atoms with Crippen molar-refractivity contribution in [3.63, 3.8) is 0 Å². The van der Waals surface area contributed by atoms with Crippen LogP contribution in [0.2, 0.25) is 0 Å². The number of aromatic nitrogens is 2. The maximum absolute atomic E-state index is 12.8. The van der Waals surface area contributed by atoms with Gasteiger partial charge in [0.1, 0.15) is 0 Å². The second-order valence-electron chi connectivity index (χ2n) is 6.12. The fraction of sp³-hybridized carbons (Fsp3) is 0.200. The Hall–Kier alpha value is -2.88. The first-order valence-electron chi connectivity index (χ1n) is 7.96. The van der Waals surface area contributed by atoms with Crippen molar-refractivity contribution < 1.29 is 0 Å². The molecule has 1 aromatic heterocycles. The van der Waals surface area contributed by atoms with Gasteiger partial charge in [0.05, 0.1) is 22.6 Å². The minimum absolute atomic E-state index is 0.0790. The standard InChI is InChI=1S/C20H21N3O/c1-13-5-9-17(10-6-13)21-15(3)19-16(4)22-23(20(19)24)18-11-7-14(2)8-12-18/h5-12,22H,1-4H3. The lowest BCUT2D eigenvalue weighted by Gasteiger charge is -2.01. The zero-order valence-corrected chi connectivity index (χ0v) is 14.4. The number of hydrogen-bond donors (Lipinski definition) is 1. The highest BCUT2D eigenvalue weighted by molar-refractivity contribution is 6.00. The zero-order valence-electron chi connectivity index (χ0n) is 14.4. The molecule has 0 bridgehead atoms. The van der Waals surface area contributed by atoms with E-state index in [1.165, 1.54) is 5.56 Å². The van der Waals surface area contributed by atoms with E-state index < -0.39 is 0 Å². The van der Waals surface area contributed by atoms with E-state index in [2.05, 4.69) is 10.1 Å². The molecule has 1 heterocycles. The first kappa shape index (κ1) is 16.0. The molecule has 3 aromatic rings. The third-order valence-corrected chi connectivity index (χ3v) is 4.06. The molecule has 4 nitrogen and oxygen atoms in total. The maximum Gasteiger partial charge on any atom is 0.280 e. The van der Waals surface area contributed by atoms with Crippen LogP contribution in [0.1, 0.15) is 29.3 Å². The van der Waals surface area contributed by atoms with Gasteiger partial charge in [-0.25, -0.2) is 4.68 Å². The highest BCUT2D eigenvalue weighted by Crippen LogP contribution is 2.16. The number of rotatable bonds is 3. The van der Waals surface area contributed by atoms with E-state index in [0.29, 0.717) is 11.3 Å². The van der Waals surface area contributed by atoms with Gasteiger partial charge >= 0.3 is 0 Å². The number of aryl methyl sites for hydroxylation is 3. The van der Waals surface area contributed by atoms with Crippen LogP contribution in [0.5, 0.6) is 0 Å². The molecule has 0 spiro atoms. The van der Waals surface area contributed by atoms with Gasteiger partial charge in [-0.1, -0.05) is 35.4 Å². The Bertz CT molecular complexity index is 942. The summed E-state index contributed by atoms with van der Waals surface area (Å²) < 4.78 is 1.57. The molecule has 0 aliphatic heterocycles. The second kappa shape index (κ2) is 6.32. The average molecular weight is 319 g/mol. The third-order valence-electron chi connectivity index (χ3n) is 4.06. The van der Waals surface area contributed by atoms with Gasteiger partial charge in [0.2, 0.25) is 0 Å². The summed E-state index contributed by atoms with van der Waals surface area (Å²) in [6.07, 6.45) is 0. The molecule has 3 rings (SSSR count). The Morgan fingerprint density at radius 3 is 2.04 bits per heavy atom. The molecule has 0 fully saturated rings. The first-order valence-corrected chi connectivity index (χ1v) is 7.96. The summed E-state index contributed by atoms with van der Waals surface area (Å²) in [7, 11) is 0. The van der Waals surface area contributed by atoms with E-state index in [-0.39, 0.29) is 5.56 Å². The lowest BCUT2D eigenvalue weighted by Crippen LogP contribution is -2.19. The molecule has 0 aliphatic rings. The fourth-order valence-corrected chi connectivity index (χ4v) is 2.72. The Kier molecular flexibility index (Phi) is 4.21. The lowest BCUT2D eigenvalue weighted by atomic mass is 10.1. The maximum atomic E-state index is 12.8.